The summed E-state index contributed by atoms with van der Waals surface area (Å²) in [5.41, 5.74) is 0. The van der Waals surface area contributed by atoms with Crippen molar-refractivity contribution in [3.63, 3.8) is 0 Å². The molecule has 3 atom stereocenters. The quantitative estimate of drug-likeness (QED) is 0.801. The van der Waals surface area contributed by atoms with Gasteiger partial charge in [-0.15, -0.1) is 0 Å². The second-order valence-corrected chi connectivity index (χ2v) is 8.36. The van der Waals surface area contributed by atoms with Gasteiger partial charge in [0.05, 0.1) is 11.5 Å². The maximum absolute atomic E-state index is 11.4. The first-order chi connectivity index (χ1) is 8.59. The van der Waals surface area contributed by atoms with Crippen molar-refractivity contribution in [3.05, 3.63) is 0 Å². The Hall–Kier alpha value is -0.0900. The molecule has 0 amide bonds. The highest BCUT2D eigenvalue weighted by Gasteiger charge is 2.29. The van der Waals surface area contributed by atoms with Crippen LogP contribution < -0.4 is 5.32 Å². The Kier molecular flexibility index (Phi) is 5.07. The summed E-state index contributed by atoms with van der Waals surface area (Å²) >= 11 is 0. The average molecular weight is 273 g/mol. The van der Waals surface area contributed by atoms with Crippen LogP contribution in [0.3, 0.4) is 0 Å². The van der Waals surface area contributed by atoms with Gasteiger partial charge >= 0.3 is 0 Å². The van der Waals surface area contributed by atoms with Gasteiger partial charge in [0, 0.05) is 12.1 Å². The van der Waals surface area contributed by atoms with Gasteiger partial charge in [0.1, 0.15) is 0 Å². The van der Waals surface area contributed by atoms with Crippen molar-refractivity contribution in [2.75, 3.05) is 11.5 Å². The average Bonchev–Trinajstić information content (AvgIpc) is 2.51. The lowest BCUT2D eigenvalue weighted by atomic mass is 9.95. The van der Waals surface area contributed by atoms with E-state index in [1.54, 1.807) is 0 Å². The van der Waals surface area contributed by atoms with Crippen LogP contribution in [-0.4, -0.2) is 32.0 Å². The van der Waals surface area contributed by atoms with E-state index >= 15 is 0 Å². The van der Waals surface area contributed by atoms with Gasteiger partial charge in [-0.25, -0.2) is 8.42 Å². The molecule has 0 aromatic heterocycles. The molecule has 18 heavy (non-hydrogen) atoms. The Bertz CT molecular complexity index is 353. The number of nitrogens with one attached hydrogen (secondary N) is 1. The maximum Gasteiger partial charge on any atom is 0.151 e. The lowest BCUT2D eigenvalue weighted by Crippen LogP contribution is -2.38. The maximum atomic E-state index is 11.4. The van der Waals surface area contributed by atoms with E-state index in [0.717, 1.165) is 12.3 Å². The summed E-state index contributed by atoms with van der Waals surface area (Å²) in [5, 5.41) is 3.60. The fourth-order valence-electron chi connectivity index (χ4n) is 3.50. The van der Waals surface area contributed by atoms with E-state index in [1.165, 1.54) is 44.9 Å². The molecule has 1 aliphatic carbocycles. The lowest BCUT2D eigenvalue weighted by molar-refractivity contribution is 0.391. The number of rotatable bonds is 4. The summed E-state index contributed by atoms with van der Waals surface area (Å²) in [7, 11) is -2.74. The van der Waals surface area contributed by atoms with E-state index in [4.69, 9.17) is 0 Å². The van der Waals surface area contributed by atoms with E-state index in [0.29, 0.717) is 17.5 Å². The third kappa shape index (κ3) is 4.23. The standard InChI is InChI=1S/C14H27NO2S/c1-2-4-12-5-3-6-13(8-7-12)15-14-9-10-18(16,17)11-14/h12-15H,2-11H2,1H3. The Morgan fingerprint density at radius 3 is 2.56 bits per heavy atom. The van der Waals surface area contributed by atoms with Crippen LogP contribution in [0.5, 0.6) is 0 Å². The van der Waals surface area contributed by atoms with Crippen LogP contribution >= 0.6 is 0 Å². The first-order valence-corrected chi connectivity index (χ1v) is 9.37. The molecule has 0 bridgehead atoms. The predicted octanol–water partition coefficient (Wildman–Crippen LogP) is 2.51. The van der Waals surface area contributed by atoms with Crippen LogP contribution in [0.4, 0.5) is 0 Å². The smallest absolute Gasteiger partial charge is 0.151 e. The van der Waals surface area contributed by atoms with Crippen molar-refractivity contribution in [1.29, 1.82) is 0 Å². The molecule has 2 rings (SSSR count). The predicted molar refractivity (Wildman–Crippen MR) is 75.5 cm³/mol. The fraction of sp³-hybridized carbons (Fsp3) is 1.00. The zero-order chi connectivity index (χ0) is 13.0. The molecule has 1 heterocycles. The molecule has 0 aromatic rings. The van der Waals surface area contributed by atoms with Crippen molar-refractivity contribution in [1.82, 2.24) is 5.32 Å². The first kappa shape index (κ1) is 14.3. The molecule has 4 heteroatoms. The highest BCUT2D eigenvalue weighted by Crippen LogP contribution is 2.27. The van der Waals surface area contributed by atoms with Gasteiger partial charge in [-0.05, 0) is 31.6 Å². The molecule has 0 aromatic carbocycles. The molecule has 1 N–H and O–H groups in total. The topological polar surface area (TPSA) is 46.2 Å². The highest BCUT2D eigenvalue weighted by atomic mass is 32.2. The Morgan fingerprint density at radius 2 is 1.89 bits per heavy atom. The summed E-state index contributed by atoms with van der Waals surface area (Å²) in [4.78, 5) is 0. The number of hydrogen-bond donors (Lipinski definition) is 1. The third-order valence-electron chi connectivity index (χ3n) is 4.49. The van der Waals surface area contributed by atoms with Gasteiger partial charge < -0.3 is 5.32 Å². The fourth-order valence-corrected chi connectivity index (χ4v) is 5.19. The van der Waals surface area contributed by atoms with Crippen LogP contribution in [0.25, 0.3) is 0 Å². The largest absolute Gasteiger partial charge is 0.310 e. The zero-order valence-corrected chi connectivity index (χ0v) is 12.3. The molecular weight excluding hydrogens is 246 g/mol. The minimum absolute atomic E-state index is 0.225. The SMILES string of the molecule is CCCC1CCCC(NC2CCS(=O)(=O)C2)CC1. The molecule has 1 saturated heterocycles. The second-order valence-electron chi connectivity index (χ2n) is 6.13. The summed E-state index contributed by atoms with van der Waals surface area (Å²) in [6.07, 6.45) is 9.95. The Morgan fingerprint density at radius 1 is 1.06 bits per heavy atom. The molecule has 2 fully saturated rings. The van der Waals surface area contributed by atoms with E-state index in [-0.39, 0.29) is 6.04 Å². The van der Waals surface area contributed by atoms with Crippen LogP contribution in [0, 0.1) is 5.92 Å². The summed E-state index contributed by atoms with van der Waals surface area (Å²) < 4.78 is 22.9. The van der Waals surface area contributed by atoms with Crippen molar-refractivity contribution in [2.45, 2.75) is 70.4 Å². The minimum Gasteiger partial charge on any atom is -0.310 e. The Balaban J connectivity index is 1.77. The second kappa shape index (κ2) is 6.38. The van der Waals surface area contributed by atoms with Gasteiger partial charge in [0.25, 0.3) is 0 Å². The normalized spacial score (nSPS) is 36.4. The monoisotopic (exact) mass is 273 g/mol. The van der Waals surface area contributed by atoms with E-state index in [1.807, 2.05) is 0 Å². The van der Waals surface area contributed by atoms with Gasteiger partial charge in [0.2, 0.25) is 0 Å². The van der Waals surface area contributed by atoms with Crippen molar-refractivity contribution < 1.29 is 8.42 Å². The number of hydrogen-bond acceptors (Lipinski definition) is 3. The van der Waals surface area contributed by atoms with Crippen molar-refractivity contribution >= 4 is 9.84 Å². The first-order valence-electron chi connectivity index (χ1n) is 7.55. The molecule has 0 spiro atoms. The lowest BCUT2D eigenvalue weighted by Gasteiger charge is -2.20. The molecule has 1 aliphatic heterocycles. The van der Waals surface area contributed by atoms with E-state index in [9.17, 15) is 8.42 Å². The van der Waals surface area contributed by atoms with Gasteiger partial charge in [-0.2, -0.15) is 0 Å². The summed E-state index contributed by atoms with van der Waals surface area (Å²) in [6.45, 7) is 2.27. The molecular formula is C14H27NO2S. The highest BCUT2D eigenvalue weighted by molar-refractivity contribution is 7.91. The van der Waals surface area contributed by atoms with Crippen molar-refractivity contribution in [3.8, 4) is 0 Å². The Labute approximate surface area is 112 Å². The van der Waals surface area contributed by atoms with Gasteiger partial charge in [0.15, 0.2) is 9.84 Å². The molecule has 2 aliphatic rings. The van der Waals surface area contributed by atoms with Crippen LogP contribution in [-0.2, 0) is 9.84 Å². The van der Waals surface area contributed by atoms with E-state index < -0.39 is 9.84 Å². The third-order valence-corrected chi connectivity index (χ3v) is 6.26. The number of sulfone groups is 1. The molecule has 0 radical (unpaired) electrons. The zero-order valence-electron chi connectivity index (χ0n) is 11.5. The van der Waals surface area contributed by atoms with Crippen LogP contribution in [0.2, 0.25) is 0 Å². The van der Waals surface area contributed by atoms with Crippen molar-refractivity contribution in [2.24, 2.45) is 5.92 Å². The van der Waals surface area contributed by atoms with Gasteiger partial charge in [-0.3, -0.25) is 0 Å². The summed E-state index contributed by atoms with van der Waals surface area (Å²) in [5.74, 6) is 1.66. The van der Waals surface area contributed by atoms with Gasteiger partial charge in [-0.1, -0.05) is 32.6 Å². The molecule has 3 unspecified atom stereocenters. The van der Waals surface area contributed by atoms with Crippen LogP contribution in [0.1, 0.15) is 58.3 Å². The van der Waals surface area contributed by atoms with Crippen LogP contribution in [0.15, 0.2) is 0 Å². The minimum atomic E-state index is -2.74. The molecule has 3 nitrogen and oxygen atoms in total. The summed E-state index contributed by atoms with van der Waals surface area (Å²) in [6, 6.07) is 0.785. The molecule has 106 valence electrons. The van der Waals surface area contributed by atoms with E-state index in [2.05, 4.69) is 12.2 Å². The molecule has 1 saturated carbocycles.